The molecular formula is C18H25N3O2. The van der Waals surface area contributed by atoms with Crippen molar-refractivity contribution in [2.75, 3.05) is 20.2 Å². The predicted octanol–water partition coefficient (Wildman–Crippen LogP) is 2.89. The maximum absolute atomic E-state index is 5.33. The molecule has 0 atom stereocenters. The van der Waals surface area contributed by atoms with Crippen LogP contribution in [0.25, 0.3) is 0 Å². The number of methoxy groups -OCH3 is 1. The molecule has 1 heterocycles. The first-order valence-electron chi connectivity index (χ1n) is 7.91. The highest BCUT2D eigenvalue weighted by Gasteiger charge is 2.02. The summed E-state index contributed by atoms with van der Waals surface area (Å²) in [6.45, 7) is 6.33. The third-order valence-electron chi connectivity index (χ3n) is 3.47. The van der Waals surface area contributed by atoms with Gasteiger partial charge in [-0.1, -0.05) is 12.1 Å². The van der Waals surface area contributed by atoms with Gasteiger partial charge in [0, 0.05) is 19.5 Å². The Morgan fingerprint density at radius 2 is 2.13 bits per heavy atom. The molecule has 5 heteroatoms. The van der Waals surface area contributed by atoms with Crippen LogP contribution in [0.3, 0.4) is 0 Å². The summed E-state index contributed by atoms with van der Waals surface area (Å²) in [6.07, 6.45) is 2.53. The first-order valence-corrected chi connectivity index (χ1v) is 7.91. The van der Waals surface area contributed by atoms with Crippen LogP contribution < -0.4 is 15.4 Å². The van der Waals surface area contributed by atoms with E-state index in [1.54, 1.807) is 13.4 Å². The van der Waals surface area contributed by atoms with Crippen molar-refractivity contribution in [2.45, 2.75) is 26.8 Å². The van der Waals surface area contributed by atoms with Crippen molar-refractivity contribution in [1.82, 2.24) is 10.6 Å². The van der Waals surface area contributed by atoms with Crippen LogP contribution >= 0.6 is 0 Å². The molecule has 23 heavy (non-hydrogen) atoms. The quantitative estimate of drug-likeness (QED) is 0.609. The number of ether oxygens (including phenoxy) is 1. The molecule has 2 rings (SSSR count). The zero-order chi connectivity index (χ0) is 16.5. The fraction of sp³-hybridized carbons (Fsp3) is 0.389. The van der Waals surface area contributed by atoms with Gasteiger partial charge in [0.15, 0.2) is 5.96 Å². The van der Waals surface area contributed by atoms with Gasteiger partial charge in [0.2, 0.25) is 0 Å². The largest absolute Gasteiger partial charge is 0.496 e. The number of furan rings is 1. The van der Waals surface area contributed by atoms with Crippen LogP contribution in [0.5, 0.6) is 5.75 Å². The van der Waals surface area contributed by atoms with E-state index in [1.165, 1.54) is 0 Å². The van der Waals surface area contributed by atoms with Gasteiger partial charge >= 0.3 is 0 Å². The lowest BCUT2D eigenvalue weighted by Gasteiger charge is -2.11. The number of aliphatic imine (C=N–C) groups is 1. The number of aryl methyl sites for hydroxylation is 1. The molecular weight excluding hydrogens is 290 g/mol. The van der Waals surface area contributed by atoms with E-state index in [1.807, 2.05) is 31.2 Å². The van der Waals surface area contributed by atoms with E-state index in [2.05, 4.69) is 28.6 Å². The molecule has 0 aliphatic carbocycles. The normalized spacial score (nSPS) is 11.3. The van der Waals surface area contributed by atoms with Gasteiger partial charge in [0.1, 0.15) is 11.5 Å². The Bertz CT molecular complexity index is 621. The van der Waals surface area contributed by atoms with Gasteiger partial charge in [-0.2, -0.15) is 0 Å². The maximum atomic E-state index is 5.33. The third-order valence-corrected chi connectivity index (χ3v) is 3.47. The molecule has 0 unspecified atom stereocenters. The summed E-state index contributed by atoms with van der Waals surface area (Å²) in [6, 6.07) is 10.0. The van der Waals surface area contributed by atoms with E-state index >= 15 is 0 Å². The fourth-order valence-corrected chi connectivity index (χ4v) is 2.31. The first-order chi connectivity index (χ1) is 11.2. The molecule has 0 aliphatic rings. The minimum absolute atomic E-state index is 0.626. The molecule has 2 aromatic rings. The zero-order valence-electron chi connectivity index (χ0n) is 14.1. The molecule has 0 bridgehead atoms. The lowest BCUT2D eigenvalue weighted by molar-refractivity contribution is 0.411. The van der Waals surface area contributed by atoms with E-state index in [0.29, 0.717) is 6.54 Å². The molecule has 0 aliphatic heterocycles. The Balaban J connectivity index is 1.90. The number of guanidine groups is 1. The Hall–Kier alpha value is -2.43. The molecule has 0 radical (unpaired) electrons. The molecule has 0 saturated heterocycles. The van der Waals surface area contributed by atoms with Crippen molar-refractivity contribution in [1.29, 1.82) is 0 Å². The van der Waals surface area contributed by atoms with E-state index in [-0.39, 0.29) is 0 Å². The van der Waals surface area contributed by atoms with Crippen molar-refractivity contribution in [3.05, 3.63) is 53.5 Å². The lowest BCUT2D eigenvalue weighted by Crippen LogP contribution is -2.38. The Labute approximate surface area is 137 Å². The number of hydrogen-bond acceptors (Lipinski definition) is 3. The summed E-state index contributed by atoms with van der Waals surface area (Å²) in [5.74, 6) is 2.69. The van der Waals surface area contributed by atoms with Crippen molar-refractivity contribution >= 4 is 5.96 Å². The van der Waals surface area contributed by atoms with Crippen LogP contribution in [-0.4, -0.2) is 26.2 Å². The SMILES string of the molecule is CCNC(=NCc1ccc(OC)c(C)c1)NCCc1ccco1. The third kappa shape index (κ3) is 5.36. The van der Waals surface area contributed by atoms with Crippen LogP contribution in [0, 0.1) is 6.92 Å². The van der Waals surface area contributed by atoms with Gasteiger partial charge in [-0.05, 0) is 43.2 Å². The first kappa shape index (κ1) is 16.9. The van der Waals surface area contributed by atoms with Gasteiger partial charge < -0.3 is 19.8 Å². The second-order valence-electron chi connectivity index (χ2n) is 5.26. The molecule has 0 fully saturated rings. The highest BCUT2D eigenvalue weighted by atomic mass is 16.5. The molecule has 5 nitrogen and oxygen atoms in total. The van der Waals surface area contributed by atoms with Crippen LogP contribution in [-0.2, 0) is 13.0 Å². The van der Waals surface area contributed by atoms with Gasteiger partial charge in [0.25, 0.3) is 0 Å². The van der Waals surface area contributed by atoms with Crippen LogP contribution in [0.15, 0.2) is 46.0 Å². The minimum Gasteiger partial charge on any atom is -0.496 e. The molecule has 0 saturated carbocycles. The summed E-state index contributed by atoms with van der Waals surface area (Å²) in [7, 11) is 1.69. The summed E-state index contributed by atoms with van der Waals surface area (Å²) in [5.41, 5.74) is 2.28. The Morgan fingerprint density at radius 3 is 2.78 bits per heavy atom. The number of rotatable bonds is 7. The molecule has 124 valence electrons. The molecule has 1 aromatic heterocycles. The van der Waals surface area contributed by atoms with Crippen molar-refractivity contribution in [3.8, 4) is 5.75 Å². The van der Waals surface area contributed by atoms with Crippen molar-refractivity contribution in [3.63, 3.8) is 0 Å². The van der Waals surface area contributed by atoms with E-state index in [4.69, 9.17) is 9.15 Å². The van der Waals surface area contributed by atoms with Crippen molar-refractivity contribution < 1.29 is 9.15 Å². The molecule has 0 spiro atoms. The fourth-order valence-electron chi connectivity index (χ4n) is 2.31. The van der Waals surface area contributed by atoms with Gasteiger partial charge in [-0.15, -0.1) is 0 Å². The topological polar surface area (TPSA) is 58.8 Å². The summed E-state index contributed by atoms with van der Waals surface area (Å²) < 4.78 is 10.6. The zero-order valence-corrected chi connectivity index (χ0v) is 14.1. The average Bonchev–Trinajstić information content (AvgIpc) is 3.06. The van der Waals surface area contributed by atoms with Crippen LogP contribution in [0.2, 0.25) is 0 Å². The number of hydrogen-bond donors (Lipinski definition) is 2. The average molecular weight is 315 g/mol. The smallest absolute Gasteiger partial charge is 0.191 e. The Morgan fingerprint density at radius 1 is 1.26 bits per heavy atom. The van der Waals surface area contributed by atoms with Crippen LogP contribution in [0.1, 0.15) is 23.8 Å². The maximum Gasteiger partial charge on any atom is 0.191 e. The summed E-state index contributed by atoms with van der Waals surface area (Å²) in [5, 5.41) is 6.57. The van der Waals surface area contributed by atoms with E-state index in [9.17, 15) is 0 Å². The second-order valence-corrected chi connectivity index (χ2v) is 5.26. The molecule has 2 N–H and O–H groups in total. The number of benzene rings is 1. The number of nitrogens with one attached hydrogen (secondary N) is 2. The highest BCUT2D eigenvalue weighted by Crippen LogP contribution is 2.18. The van der Waals surface area contributed by atoms with E-state index < -0.39 is 0 Å². The van der Waals surface area contributed by atoms with Crippen molar-refractivity contribution in [2.24, 2.45) is 4.99 Å². The number of nitrogens with zero attached hydrogens (tertiary/aromatic N) is 1. The molecule has 1 aromatic carbocycles. The molecule has 0 amide bonds. The standard InChI is InChI=1S/C18H25N3O2/c1-4-19-18(20-10-9-16-6-5-11-23-16)21-13-15-7-8-17(22-3)14(2)12-15/h5-8,11-12H,4,9-10,13H2,1-3H3,(H2,19,20,21). The second kappa shape index (κ2) is 8.88. The van der Waals surface area contributed by atoms with Gasteiger partial charge in [-0.3, -0.25) is 0 Å². The van der Waals surface area contributed by atoms with Gasteiger partial charge in [0.05, 0.1) is 19.9 Å². The Kier molecular flexibility index (Phi) is 6.54. The monoisotopic (exact) mass is 315 g/mol. The minimum atomic E-state index is 0.626. The predicted molar refractivity (Wildman–Crippen MR) is 93.0 cm³/mol. The summed E-state index contributed by atoms with van der Waals surface area (Å²) in [4.78, 5) is 4.62. The van der Waals surface area contributed by atoms with Crippen LogP contribution in [0.4, 0.5) is 0 Å². The lowest BCUT2D eigenvalue weighted by atomic mass is 10.1. The highest BCUT2D eigenvalue weighted by molar-refractivity contribution is 5.79. The van der Waals surface area contributed by atoms with Gasteiger partial charge in [-0.25, -0.2) is 4.99 Å². The van der Waals surface area contributed by atoms with E-state index in [0.717, 1.165) is 48.1 Å². The summed E-state index contributed by atoms with van der Waals surface area (Å²) >= 11 is 0.